The van der Waals surface area contributed by atoms with Gasteiger partial charge in [-0.15, -0.1) is 0 Å². The Morgan fingerprint density at radius 2 is 1.75 bits per heavy atom. The maximum atomic E-state index is 14.5. The first kappa shape index (κ1) is 37.0. The minimum atomic E-state index is -3.90. The lowest BCUT2D eigenvalue weighted by Gasteiger charge is -2.36. The van der Waals surface area contributed by atoms with E-state index in [1.165, 1.54) is 40.1 Å². The highest BCUT2D eigenvalue weighted by molar-refractivity contribution is 7.91. The fourth-order valence-corrected chi connectivity index (χ4v) is 8.45. The van der Waals surface area contributed by atoms with Gasteiger partial charge in [-0.25, -0.2) is 22.4 Å². The summed E-state index contributed by atoms with van der Waals surface area (Å²) < 4.78 is 47.7. The Kier molecular flexibility index (Phi) is 9.74. The maximum Gasteiger partial charge on any atom is 0.410 e. The van der Waals surface area contributed by atoms with Gasteiger partial charge in [0.05, 0.1) is 23.9 Å². The Balaban J connectivity index is 1.24. The minimum absolute atomic E-state index is 0.00336. The number of ether oxygens (including phenoxy) is 1. The number of rotatable bonds is 11. The number of nitrogens with one attached hydrogen (secondary N) is 3. The largest absolute Gasteiger partial charge is 0.478 e. The predicted molar refractivity (Wildman–Crippen MR) is 186 cm³/mol. The zero-order valence-electron chi connectivity index (χ0n) is 29.5. The van der Waals surface area contributed by atoms with Crippen molar-refractivity contribution in [1.82, 2.24) is 19.8 Å². The third-order valence-electron chi connectivity index (χ3n) is 10.4. The van der Waals surface area contributed by atoms with Crippen LogP contribution in [-0.4, -0.2) is 88.6 Å². The molecule has 4 N–H and O–H groups in total. The van der Waals surface area contributed by atoms with E-state index in [0.29, 0.717) is 36.1 Å². The monoisotopic (exact) mass is 741 g/mol. The second-order valence-electron chi connectivity index (χ2n) is 15.3. The molecule has 2 aromatic carbocycles. The first-order valence-electron chi connectivity index (χ1n) is 17.4. The summed E-state index contributed by atoms with van der Waals surface area (Å²) in [6.07, 6.45) is -0.208. The van der Waals surface area contributed by atoms with Crippen molar-refractivity contribution in [2.24, 2.45) is 11.3 Å². The van der Waals surface area contributed by atoms with Crippen LogP contribution in [0.3, 0.4) is 0 Å². The molecule has 14 nitrogen and oxygen atoms in total. The van der Waals surface area contributed by atoms with E-state index in [2.05, 4.69) is 15.4 Å². The van der Waals surface area contributed by atoms with Crippen molar-refractivity contribution in [2.75, 3.05) is 11.9 Å². The van der Waals surface area contributed by atoms with Gasteiger partial charge in [0.1, 0.15) is 29.5 Å². The lowest BCUT2D eigenvalue weighted by Crippen LogP contribution is -2.58. The zero-order valence-corrected chi connectivity index (χ0v) is 30.3. The van der Waals surface area contributed by atoms with Crippen molar-refractivity contribution in [1.29, 1.82) is 0 Å². The summed E-state index contributed by atoms with van der Waals surface area (Å²) in [5.74, 6) is -3.91. The molecule has 6 rings (SSSR count). The predicted octanol–water partition coefficient (Wildman–Crippen LogP) is 3.37. The number of hydrogen-bond donors (Lipinski definition) is 4. The number of aromatic carboxylic acids is 1. The molecule has 16 heteroatoms. The van der Waals surface area contributed by atoms with E-state index in [1.807, 2.05) is 27.7 Å². The van der Waals surface area contributed by atoms with Gasteiger partial charge in [-0.3, -0.25) is 24.0 Å². The van der Waals surface area contributed by atoms with Crippen molar-refractivity contribution < 1.29 is 46.6 Å². The Morgan fingerprint density at radius 1 is 1.06 bits per heavy atom. The van der Waals surface area contributed by atoms with Crippen LogP contribution < -0.4 is 15.4 Å². The second-order valence-corrected chi connectivity index (χ2v) is 17.2. The molecule has 0 spiro atoms. The van der Waals surface area contributed by atoms with Gasteiger partial charge in [0.15, 0.2) is 0 Å². The number of carbonyl (C=O) groups is 5. The van der Waals surface area contributed by atoms with Gasteiger partial charge < -0.3 is 25.4 Å². The number of nitrogens with zero attached hydrogens (tertiary/aromatic N) is 2. The lowest BCUT2D eigenvalue weighted by atomic mass is 9.85. The second kappa shape index (κ2) is 13.7. The van der Waals surface area contributed by atoms with Crippen LogP contribution in [-0.2, 0) is 42.2 Å². The number of anilines is 1. The topological polar surface area (TPSA) is 192 Å². The van der Waals surface area contributed by atoms with Gasteiger partial charge in [-0.05, 0) is 66.5 Å². The van der Waals surface area contributed by atoms with E-state index in [0.717, 1.165) is 0 Å². The Bertz CT molecular complexity index is 1900. The number of benzene rings is 2. The molecule has 2 heterocycles. The molecule has 2 saturated carbocycles. The van der Waals surface area contributed by atoms with E-state index in [1.54, 1.807) is 12.1 Å². The number of halogens is 1. The van der Waals surface area contributed by atoms with E-state index in [9.17, 15) is 41.9 Å². The number of carboxylic acids is 1. The van der Waals surface area contributed by atoms with Crippen LogP contribution in [0.5, 0.6) is 0 Å². The average molecular weight is 742 g/mol. The Morgan fingerprint density at radius 3 is 2.33 bits per heavy atom. The van der Waals surface area contributed by atoms with E-state index >= 15 is 0 Å². The molecule has 1 saturated heterocycles. The average Bonchev–Trinajstić information content (AvgIpc) is 3.97. The number of carbonyl (C=O) groups excluding carboxylic acids is 4. The van der Waals surface area contributed by atoms with Crippen LogP contribution in [0.1, 0.15) is 81.3 Å². The van der Waals surface area contributed by atoms with Gasteiger partial charge in [-0.1, -0.05) is 46.2 Å². The molecule has 2 aromatic rings. The molecule has 3 fully saturated rings. The zero-order chi connectivity index (χ0) is 37.7. The number of carboxylic acid groups (broad SMARTS) is 1. The molecule has 0 unspecified atom stereocenters. The van der Waals surface area contributed by atoms with E-state index < -0.39 is 80.0 Å². The number of sulfonamides is 1. The molecule has 0 radical (unpaired) electrons. The number of fused-ring (bicyclic) bond motifs is 1. The van der Waals surface area contributed by atoms with Crippen molar-refractivity contribution in [3.8, 4) is 0 Å². The smallest absolute Gasteiger partial charge is 0.410 e. The highest BCUT2D eigenvalue weighted by Crippen LogP contribution is 2.47. The molecule has 5 atom stereocenters. The molecule has 0 aromatic heterocycles. The van der Waals surface area contributed by atoms with Crippen molar-refractivity contribution in [3.63, 3.8) is 0 Å². The van der Waals surface area contributed by atoms with Crippen LogP contribution in [0.4, 0.5) is 14.9 Å². The lowest BCUT2D eigenvalue weighted by molar-refractivity contribution is -0.141. The van der Waals surface area contributed by atoms with Crippen molar-refractivity contribution in [3.05, 3.63) is 65.0 Å². The van der Waals surface area contributed by atoms with E-state index in [-0.39, 0.29) is 44.0 Å². The summed E-state index contributed by atoms with van der Waals surface area (Å²) in [4.78, 5) is 69.6. The van der Waals surface area contributed by atoms with Crippen LogP contribution in [0.25, 0.3) is 0 Å². The minimum Gasteiger partial charge on any atom is -0.478 e. The molecular weight excluding hydrogens is 697 g/mol. The first-order chi connectivity index (χ1) is 24.4. The van der Waals surface area contributed by atoms with Crippen LogP contribution in [0.2, 0.25) is 0 Å². The van der Waals surface area contributed by atoms with Crippen LogP contribution >= 0.6 is 0 Å². The number of likely N-dealkylation sites (tertiary alicyclic amines) is 1. The van der Waals surface area contributed by atoms with Gasteiger partial charge in [-0.2, -0.15) is 0 Å². The van der Waals surface area contributed by atoms with Crippen molar-refractivity contribution in [2.45, 2.75) is 102 Å². The molecule has 2 aliphatic carbocycles. The number of amides is 4. The number of hydrogen-bond acceptors (Lipinski definition) is 9. The first-order valence-corrected chi connectivity index (χ1v) is 19.0. The molecule has 4 amide bonds. The molecule has 0 bridgehead atoms. The SMILES string of the molecule is CC[C@@H]1C[C@]1(NC(=O)[C@@H]1C[C@@H](OC(=O)N2Cc3cccc(F)c3C2)CN1C(=O)[C@@H](Nc1ccc(C(=O)O)cc1)C(C)(C)C)C(=O)NS(=O)(=O)C1CC1. The van der Waals surface area contributed by atoms with Gasteiger partial charge >= 0.3 is 12.1 Å². The normalized spacial score (nSPS) is 24.4. The summed E-state index contributed by atoms with van der Waals surface area (Å²) in [5, 5.41) is 14.6. The summed E-state index contributed by atoms with van der Waals surface area (Å²) in [7, 11) is -3.90. The fraction of sp³-hybridized carbons (Fsp3) is 0.528. The molecule has 52 heavy (non-hydrogen) atoms. The highest BCUT2D eigenvalue weighted by Gasteiger charge is 2.62. The third-order valence-corrected chi connectivity index (χ3v) is 12.2. The molecule has 280 valence electrons. The van der Waals surface area contributed by atoms with Crippen LogP contribution in [0, 0.1) is 17.2 Å². The van der Waals surface area contributed by atoms with E-state index in [4.69, 9.17) is 4.74 Å². The quantitative estimate of drug-likeness (QED) is 0.266. The van der Waals surface area contributed by atoms with Crippen LogP contribution in [0.15, 0.2) is 42.5 Å². The highest BCUT2D eigenvalue weighted by atomic mass is 32.2. The van der Waals surface area contributed by atoms with Gasteiger partial charge in [0, 0.05) is 24.2 Å². The maximum absolute atomic E-state index is 14.5. The standard InChI is InChI=1S/C36H44FN5O9S/c1-5-22-16-36(22,33(47)40-52(49,50)25-13-14-25)39-30(43)28-15-24(51-34(48)41-17-21-7-6-8-27(37)26(21)19-41)18-42(28)31(44)29(35(2,3)4)38-23-11-9-20(10-12-23)32(45)46/h6-12,22,24-25,28-29,38H,5,13-19H2,1-4H3,(H,39,43)(H,40,47)(H,45,46)/t22-,24-,28+,29-,36-/m1/s1. The summed E-state index contributed by atoms with van der Waals surface area (Å²) in [6, 6.07) is 8.29. The van der Waals surface area contributed by atoms with Crippen molar-refractivity contribution >= 4 is 45.5 Å². The molecule has 2 aliphatic heterocycles. The third kappa shape index (κ3) is 7.43. The van der Waals surface area contributed by atoms with Gasteiger partial charge in [0.25, 0.3) is 5.91 Å². The Labute approximate surface area is 301 Å². The molecular formula is C36H44FN5O9S. The molecule has 4 aliphatic rings. The Hall–Kier alpha value is -4.73. The fourth-order valence-electron chi connectivity index (χ4n) is 7.09. The summed E-state index contributed by atoms with van der Waals surface area (Å²) in [5.41, 5.74) is -0.684. The summed E-state index contributed by atoms with van der Waals surface area (Å²) >= 11 is 0. The summed E-state index contributed by atoms with van der Waals surface area (Å²) in [6.45, 7) is 7.23. The van der Waals surface area contributed by atoms with Gasteiger partial charge in [0.2, 0.25) is 21.8 Å².